The van der Waals surface area contributed by atoms with Crippen molar-refractivity contribution in [3.05, 3.63) is 89.0 Å². The number of aryl methyl sites for hydroxylation is 1. The summed E-state index contributed by atoms with van der Waals surface area (Å²) in [5, 5.41) is 5.77. The summed E-state index contributed by atoms with van der Waals surface area (Å²) in [6.45, 7) is 3.86. The first kappa shape index (κ1) is 24.6. The van der Waals surface area contributed by atoms with Gasteiger partial charge in [-0.15, -0.1) is 0 Å². The Morgan fingerprint density at radius 1 is 0.912 bits per heavy atom. The van der Waals surface area contributed by atoms with Crippen molar-refractivity contribution in [1.82, 2.24) is 10.6 Å². The molecule has 2 amide bonds. The van der Waals surface area contributed by atoms with Crippen molar-refractivity contribution in [2.24, 2.45) is 0 Å². The maximum absolute atomic E-state index is 12.3. The molecule has 0 spiro atoms. The minimum absolute atomic E-state index is 0.0993. The van der Waals surface area contributed by atoms with Crippen LogP contribution in [0.3, 0.4) is 0 Å². The average Bonchev–Trinajstić information content (AvgIpc) is 2.86. The van der Waals surface area contributed by atoms with Crippen LogP contribution in [0.4, 0.5) is 0 Å². The van der Waals surface area contributed by atoms with Crippen LogP contribution >= 0.6 is 0 Å². The molecule has 0 bridgehead atoms. The zero-order valence-corrected chi connectivity index (χ0v) is 19.8. The highest BCUT2D eigenvalue weighted by molar-refractivity contribution is 5.78. The molecule has 178 valence electrons. The highest BCUT2D eigenvalue weighted by atomic mass is 16.5. The summed E-state index contributed by atoms with van der Waals surface area (Å²) < 4.78 is 16.4. The molecule has 0 aliphatic carbocycles. The number of rotatable bonds is 11. The molecule has 0 aliphatic rings. The normalized spacial score (nSPS) is 12.2. The van der Waals surface area contributed by atoms with Crippen LogP contribution in [0.25, 0.3) is 0 Å². The van der Waals surface area contributed by atoms with Crippen LogP contribution in [0.2, 0.25) is 0 Å². The SMILES string of the molecule is COc1ccc(C(NC=O)c2ccc(OCC(=O)NC(C)c3ccc(C)cc3)cc2)c(OC)c1. The Balaban J connectivity index is 1.64. The zero-order chi connectivity index (χ0) is 24.5. The Labute approximate surface area is 200 Å². The molecule has 0 aromatic heterocycles. The van der Waals surface area contributed by atoms with Crippen molar-refractivity contribution in [3.63, 3.8) is 0 Å². The Hall–Kier alpha value is -4.00. The van der Waals surface area contributed by atoms with Gasteiger partial charge in [0.15, 0.2) is 6.61 Å². The molecule has 0 saturated carbocycles. The second kappa shape index (κ2) is 11.7. The smallest absolute Gasteiger partial charge is 0.258 e. The molecular weight excluding hydrogens is 432 g/mol. The van der Waals surface area contributed by atoms with E-state index in [0.717, 1.165) is 16.7 Å². The third-order valence-corrected chi connectivity index (χ3v) is 5.52. The van der Waals surface area contributed by atoms with E-state index in [0.29, 0.717) is 23.7 Å². The molecule has 3 aromatic carbocycles. The van der Waals surface area contributed by atoms with Crippen molar-refractivity contribution < 1.29 is 23.8 Å². The molecule has 7 heteroatoms. The fourth-order valence-corrected chi connectivity index (χ4v) is 3.62. The summed E-state index contributed by atoms with van der Waals surface area (Å²) >= 11 is 0. The molecule has 0 saturated heterocycles. The molecule has 7 nitrogen and oxygen atoms in total. The van der Waals surface area contributed by atoms with Crippen molar-refractivity contribution in [1.29, 1.82) is 0 Å². The molecule has 34 heavy (non-hydrogen) atoms. The lowest BCUT2D eigenvalue weighted by atomic mass is 9.97. The first-order valence-corrected chi connectivity index (χ1v) is 11.0. The van der Waals surface area contributed by atoms with E-state index in [4.69, 9.17) is 14.2 Å². The number of methoxy groups -OCH3 is 2. The molecule has 0 heterocycles. The number of hydrogen-bond acceptors (Lipinski definition) is 5. The Morgan fingerprint density at radius 3 is 2.18 bits per heavy atom. The second-order valence-electron chi connectivity index (χ2n) is 7.88. The number of carbonyl (C=O) groups excluding carboxylic acids is 2. The summed E-state index contributed by atoms with van der Waals surface area (Å²) in [5.74, 6) is 1.59. The van der Waals surface area contributed by atoms with Crippen LogP contribution < -0.4 is 24.8 Å². The number of carbonyl (C=O) groups is 2. The van der Waals surface area contributed by atoms with E-state index in [1.165, 1.54) is 5.56 Å². The van der Waals surface area contributed by atoms with Crippen LogP contribution in [0.15, 0.2) is 66.7 Å². The van der Waals surface area contributed by atoms with Crippen molar-refractivity contribution in [2.75, 3.05) is 20.8 Å². The lowest BCUT2D eigenvalue weighted by Gasteiger charge is -2.20. The van der Waals surface area contributed by atoms with Crippen LogP contribution in [-0.2, 0) is 9.59 Å². The first-order valence-electron chi connectivity index (χ1n) is 11.0. The first-order chi connectivity index (χ1) is 16.4. The van der Waals surface area contributed by atoms with Gasteiger partial charge in [0.1, 0.15) is 17.2 Å². The third-order valence-electron chi connectivity index (χ3n) is 5.52. The zero-order valence-electron chi connectivity index (χ0n) is 19.8. The van der Waals surface area contributed by atoms with Crippen LogP contribution in [0.1, 0.15) is 41.3 Å². The lowest BCUT2D eigenvalue weighted by Crippen LogP contribution is -2.31. The van der Waals surface area contributed by atoms with Gasteiger partial charge in [-0.1, -0.05) is 42.0 Å². The largest absolute Gasteiger partial charge is 0.497 e. The van der Waals surface area contributed by atoms with Crippen LogP contribution in [-0.4, -0.2) is 33.1 Å². The van der Waals surface area contributed by atoms with Gasteiger partial charge in [0.05, 0.1) is 26.3 Å². The number of hydrogen-bond donors (Lipinski definition) is 2. The molecule has 3 aromatic rings. The van der Waals surface area contributed by atoms with E-state index >= 15 is 0 Å². The molecule has 3 rings (SSSR count). The highest BCUT2D eigenvalue weighted by Crippen LogP contribution is 2.33. The highest BCUT2D eigenvalue weighted by Gasteiger charge is 2.19. The fourth-order valence-electron chi connectivity index (χ4n) is 3.62. The third kappa shape index (κ3) is 6.28. The van der Waals surface area contributed by atoms with Gasteiger partial charge in [0, 0.05) is 11.6 Å². The van der Waals surface area contributed by atoms with E-state index < -0.39 is 6.04 Å². The van der Waals surface area contributed by atoms with Gasteiger partial charge >= 0.3 is 0 Å². The minimum Gasteiger partial charge on any atom is -0.497 e. The maximum atomic E-state index is 12.3. The second-order valence-corrected chi connectivity index (χ2v) is 7.88. The topological polar surface area (TPSA) is 85.9 Å². The maximum Gasteiger partial charge on any atom is 0.258 e. The fraction of sp³-hybridized carbons (Fsp3) is 0.259. The molecule has 2 unspecified atom stereocenters. The summed E-state index contributed by atoms with van der Waals surface area (Å²) in [4.78, 5) is 23.6. The number of ether oxygens (including phenoxy) is 3. The van der Waals surface area contributed by atoms with Gasteiger partial charge in [-0.25, -0.2) is 0 Å². The predicted octanol–water partition coefficient (Wildman–Crippen LogP) is 4.10. The Bertz CT molecular complexity index is 1100. The predicted molar refractivity (Wildman–Crippen MR) is 130 cm³/mol. The molecule has 0 aliphatic heterocycles. The van der Waals surface area contributed by atoms with Crippen molar-refractivity contribution in [2.45, 2.75) is 25.9 Å². The van der Waals surface area contributed by atoms with E-state index in [1.54, 1.807) is 32.4 Å². The molecule has 0 fully saturated rings. The van der Waals surface area contributed by atoms with Crippen LogP contribution in [0.5, 0.6) is 17.2 Å². The van der Waals surface area contributed by atoms with Gasteiger partial charge in [0.25, 0.3) is 5.91 Å². The van der Waals surface area contributed by atoms with E-state index in [2.05, 4.69) is 10.6 Å². The Morgan fingerprint density at radius 2 is 1.56 bits per heavy atom. The lowest BCUT2D eigenvalue weighted by molar-refractivity contribution is -0.123. The van der Waals surface area contributed by atoms with Gasteiger partial charge in [0.2, 0.25) is 6.41 Å². The quantitative estimate of drug-likeness (QED) is 0.419. The standard InChI is InChI=1S/C27H30N2O5/c1-18-5-7-20(8-6-18)19(2)29-26(31)16-34-22-11-9-21(10-12-22)27(28-17-30)24-14-13-23(32-3)15-25(24)33-4/h5-15,17,19,27H,16H2,1-4H3,(H,28,30)(H,29,31). The minimum atomic E-state index is -0.425. The summed E-state index contributed by atoms with van der Waals surface area (Å²) in [5.41, 5.74) is 3.82. The molecule has 2 atom stereocenters. The van der Waals surface area contributed by atoms with E-state index in [-0.39, 0.29) is 18.6 Å². The van der Waals surface area contributed by atoms with Crippen LogP contribution in [0, 0.1) is 6.92 Å². The van der Waals surface area contributed by atoms with E-state index in [1.807, 2.05) is 62.4 Å². The molecule has 0 radical (unpaired) electrons. The van der Waals surface area contributed by atoms with Gasteiger partial charge < -0.3 is 24.8 Å². The van der Waals surface area contributed by atoms with Crippen molar-refractivity contribution >= 4 is 12.3 Å². The number of nitrogens with one attached hydrogen (secondary N) is 2. The van der Waals surface area contributed by atoms with Crippen molar-refractivity contribution in [3.8, 4) is 17.2 Å². The average molecular weight is 463 g/mol. The van der Waals surface area contributed by atoms with E-state index in [9.17, 15) is 9.59 Å². The monoisotopic (exact) mass is 462 g/mol. The summed E-state index contributed by atoms with van der Waals surface area (Å²) in [7, 11) is 3.15. The van der Waals surface area contributed by atoms with Gasteiger partial charge in [-0.05, 0) is 49.2 Å². The Kier molecular flexibility index (Phi) is 8.51. The van der Waals surface area contributed by atoms with Gasteiger partial charge in [-0.2, -0.15) is 0 Å². The number of benzene rings is 3. The molecule has 2 N–H and O–H groups in total. The summed E-state index contributed by atoms with van der Waals surface area (Å²) in [6, 6.07) is 20.1. The summed E-state index contributed by atoms with van der Waals surface area (Å²) in [6.07, 6.45) is 0.651. The number of amides is 2. The molecular formula is C27H30N2O5. The van der Waals surface area contributed by atoms with Gasteiger partial charge in [-0.3, -0.25) is 9.59 Å².